The number of hydrogen-bond donors (Lipinski definition) is 1. The maximum atomic E-state index is 11.9. The first kappa shape index (κ1) is 12.0. The Morgan fingerprint density at radius 3 is 2.41 bits per heavy atom. The van der Waals surface area contributed by atoms with Gasteiger partial charge in [0.2, 0.25) is 0 Å². The van der Waals surface area contributed by atoms with Gasteiger partial charge in [-0.2, -0.15) is 0 Å². The summed E-state index contributed by atoms with van der Waals surface area (Å²) in [4.78, 5) is 11.9. The summed E-state index contributed by atoms with van der Waals surface area (Å²) in [5, 5.41) is 3.64. The van der Waals surface area contributed by atoms with Crippen molar-refractivity contribution in [2.45, 2.75) is 6.92 Å². The van der Waals surface area contributed by atoms with E-state index in [-0.39, 0.29) is 5.91 Å². The van der Waals surface area contributed by atoms with Gasteiger partial charge in [0.15, 0.2) is 0 Å². The fourth-order valence-electron chi connectivity index (χ4n) is 1.44. The highest BCUT2D eigenvalue weighted by Gasteiger charge is 2.11. The molecule has 0 unspecified atom stereocenters. The van der Waals surface area contributed by atoms with E-state index in [9.17, 15) is 4.79 Å². The molecule has 5 heteroatoms. The number of carbonyl (C=O) groups excluding carboxylic acids is 1. The maximum Gasteiger partial charge on any atom is 0.259 e. The molecule has 3 nitrogen and oxygen atoms in total. The van der Waals surface area contributed by atoms with Crippen molar-refractivity contribution in [1.82, 2.24) is 0 Å². The highest BCUT2D eigenvalue weighted by Crippen LogP contribution is 2.23. The van der Waals surface area contributed by atoms with Crippen molar-refractivity contribution >= 4 is 34.8 Å². The fourth-order valence-corrected chi connectivity index (χ4v) is 1.97. The van der Waals surface area contributed by atoms with E-state index in [1.807, 2.05) is 0 Å². The van der Waals surface area contributed by atoms with E-state index in [0.29, 0.717) is 27.1 Å². The van der Waals surface area contributed by atoms with E-state index < -0.39 is 0 Å². The zero-order valence-electron chi connectivity index (χ0n) is 8.96. The summed E-state index contributed by atoms with van der Waals surface area (Å²) in [5.41, 5.74) is 1.04. The average molecular weight is 270 g/mol. The molecule has 2 rings (SSSR count). The Bertz CT molecular complexity index is 543. The molecule has 0 spiro atoms. The standard InChI is InChI=1S/C12H9Cl2NO2/c1-7-11(2-3-17-7)12(16)15-10-5-8(13)4-9(14)6-10/h2-6H,1H3,(H,15,16). The van der Waals surface area contributed by atoms with Gasteiger partial charge in [0.05, 0.1) is 11.8 Å². The second-order valence-electron chi connectivity index (χ2n) is 3.50. The number of aryl methyl sites for hydroxylation is 1. The van der Waals surface area contributed by atoms with Crippen molar-refractivity contribution in [3.05, 3.63) is 51.9 Å². The minimum absolute atomic E-state index is 0.255. The largest absolute Gasteiger partial charge is 0.469 e. The van der Waals surface area contributed by atoms with E-state index in [1.165, 1.54) is 6.26 Å². The van der Waals surface area contributed by atoms with Gasteiger partial charge in [0, 0.05) is 15.7 Å². The van der Waals surface area contributed by atoms with Crippen molar-refractivity contribution in [2.24, 2.45) is 0 Å². The lowest BCUT2D eigenvalue weighted by molar-refractivity contribution is 0.102. The number of anilines is 1. The molecule has 1 N–H and O–H groups in total. The van der Waals surface area contributed by atoms with Crippen LogP contribution < -0.4 is 5.32 Å². The molecule has 0 saturated heterocycles. The second kappa shape index (κ2) is 4.82. The van der Waals surface area contributed by atoms with Crippen LogP contribution in [-0.2, 0) is 0 Å². The van der Waals surface area contributed by atoms with Crippen molar-refractivity contribution in [2.75, 3.05) is 5.32 Å². The summed E-state index contributed by atoms with van der Waals surface area (Å²) in [6.07, 6.45) is 1.47. The van der Waals surface area contributed by atoms with Crippen molar-refractivity contribution < 1.29 is 9.21 Å². The molecule has 0 fully saturated rings. The molecule has 0 radical (unpaired) electrons. The molecule has 88 valence electrons. The Hall–Kier alpha value is -1.45. The van der Waals surface area contributed by atoms with E-state index in [1.54, 1.807) is 31.2 Å². The Morgan fingerprint density at radius 1 is 1.24 bits per heavy atom. The Morgan fingerprint density at radius 2 is 1.88 bits per heavy atom. The predicted octanol–water partition coefficient (Wildman–Crippen LogP) is 4.15. The van der Waals surface area contributed by atoms with Gasteiger partial charge in [0.25, 0.3) is 5.91 Å². The smallest absolute Gasteiger partial charge is 0.259 e. The van der Waals surface area contributed by atoms with Crippen LogP contribution in [0.1, 0.15) is 16.1 Å². The van der Waals surface area contributed by atoms with Crippen LogP contribution in [0.3, 0.4) is 0 Å². The molecule has 0 atom stereocenters. The van der Waals surface area contributed by atoms with Gasteiger partial charge in [-0.05, 0) is 31.2 Å². The van der Waals surface area contributed by atoms with Crippen LogP contribution in [0.2, 0.25) is 10.0 Å². The number of furan rings is 1. The zero-order chi connectivity index (χ0) is 12.4. The number of benzene rings is 1. The first-order chi connectivity index (χ1) is 8.06. The van der Waals surface area contributed by atoms with E-state index in [0.717, 1.165) is 0 Å². The average Bonchev–Trinajstić information content (AvgIpc) is 2.62. The van der Waals surface area contributed by atoms with Gasteiger partial charge in [0.1, 0.15) is 5.76 Å². The Balaban J connectivity index is 2.21. The molecule has 17 heavy (non-hydrogen) atoms. The Kier molecular flexibility index (Phi) is 3.41. The van der Waals surface area contributed by atoms with Gasteiger partial charge < -0.3 is 9.73 Å². The maximum absolute atomic E-state index is 11.9. The Labute approximate surface area is 108 Å². The third kappa shape index (κ3) is 2.81. The highest BCUT2D eigenvalue weighted by atomic mass is 35.5. The van der Waals surface area contributed by atoms with Crippen LogP contribution in [0.5, 0.6) is 0 Å². The molecule has 0 saturated carbocycles. The first-order valence-electron chi connectivity index (χ1n) is 4.88. The quantitative estimate of drug-likeness (QED) is 0.890. The van der Waals surface area contributed by atoms with E-state index in [4.69, 9.17) is 27.6 Å². The van der Waals surface area contributed by atoms with Gasteiger partial charge in [-0.1, -0.05) is 23.2 Å². The number of carbonyl (C=O) groups is 1. The number of amides is 1. The summed E-state index contributed by atoms with van der Waals surface area (Å²) < 4.78 is 5.06. The van der Waals surface area contributed by atoms with Crippen LogP contribution in [0.4, 0.5) is 5.69 Å². The van der Waals surface area contributed by atoms with Crippen LogP contribution in [-0.4, -0.2) is 5.91 Å². The van der Waals surface area contributed by atoms with E-state index in [2.05, 4.69) is 5.32 Å². The lowest BCUT2D eigenvalue weighted by Gasteiger charge is -2.05. The number of rotatable bonds is 2. The molecule has 0 aliphatic rings. The van der Waals surface area contributed by atoms with Gasteiger partial charge >= 0.3 is 0 Å². The molecular formula is C12H9Cl2NO2. The normalized spacial score (nSPS) is 10.3. The third-order valence-corrected chi connectivity index (χ3v) is 2.66. The number of halogens is 2. The summed E-state index contributed by atoms with van der Waals surface area (Å²) in [5.74, 6) is 0.310. The minimum atomic E-state index is -0.255. The van der Waals surface area contributed by atoms with Crippen molar-refractivity contribution in [3.8, 4) is 0 Å². The van der Waals surface area contributed by atoms with E-state index >= 15 is 0 Å². The second-order valence-corrected chi connectivity index (χ2v) is 4.38. The van der Waals surface area contributed by atoms with Crippen molar-refractivity contribution in [1.29, 1.82) is 0 Å². The highest BCUT2D eigenvalue weighted by molar-refractivity contribution is 6.35. The topological polar surface area (TPSA) is 42.2 Å². The molecule has 0 aliphatic heterocycles. The minimum Gasteiger partial charge on any atom is -0.469 e. The van der Waals surface area contributed by atoms with Crippen LogP contribution in [0.25, 0.3) is 0 Å². The first-order valence-corrected chi connectivity index (χ1v) is 5.63. The van der Waals surface area contributed by atoms with Crippen LogP contribution >= 0.6 is 23.2 Å². The van der Waals surface area contributed by atoms with Crippen molar-refractivity contribution in [3.63, 3.8) is 0 Å². The van der Waals surface area contributed by atoms with Gasteiger partial charge in [-0.15, -0.1) is 0 Å². The third-order valence-electron chi connectivity index (χ3n) is 2.22. The molecule has 0 aliphatic carbocycles. The van der Waals surface area contributed by atoms with Gasteiger partial charge in [-0.3, -0.25) is 4.79 Å². The lowest BCUT2D eigenvalue weighted by atomic mass is 10.2. The lowest BCUT2D eigenvalue weighted by Crippen LogP contribution is -2.11. The molecule has 1 heterocycles. The summed E-state index contributed by atoms with van der Waals surface area (Å²) in [7, 11) is 0. The number of nitrogens with one attached hydrogen (secondary N) is 1. The predicted molar refractivity (Wildman–Crippen MR) is 67.9 cm³/mol. The van der Waals surface area contributed by atoms with Crippen LogP contribution in [0.15, 0.2) is 34.9 Å². The summed E-state index contributed by atoms with van der Waals surface area (Å²) in [6.45, 7) is 1.72. The molecular weight excluding hydrogens is 261 g/mol. The summed E-state index contributed by atoms with van der Waals surface area (Å²) in [6, 6.07) is 6.46. The summed E-state index contributed by atoms with van der Waals surface area (Å²) >= 11 is 11.7. The molecule has 1 aromatic heterocycles. The SMILES string of the molecule is Cc1occc1C(=O)Nc1cc(Cl)cc(Cl)c1. The number of hydrogen-bond acceptors (Lipinski definition) is 2. The molecule has 0 bridgehead atoms. The molecule has 1 aromatic carbocycles. The zero-order valence-corrected chi connectivity index (χ0v) is 10.5. The monoisotopic (exact) mass is 269 g/mol. The molecule has 1 amide bonds. The van der Waals surface area contributed by atoms with Crippen LogP contribution in [0, 0.1) is 6.92 Å². The molecule has 2 aromatic rings. The van der Waals surface area contributed by atoms with Gasteiger partial charge in [-0.25, -0.2) is 0 Å². The fraction of sp³-hybridized carbons (Fsp3) is 0.0833.